The lowest BCUT2D eigenvalue weighted by molar-refractivity contribution is -0.906. The van der Waals surface area contributed by atoms with Crippen LogP contribution in [-0.4, -0.2) is 44.5 Å². The summed E-state index contributed by atoms with van der Waals surface area (Å²) in [6.45, 7) is 7.78. The number of quaternary nitrogens is 1. The second-order valence-corrected chi connectivity index (χ2v) is 5.77. The second-order valence-electron chi connectivity index (χ2n) is 4.96. The van der Waals surface area contributed by atoms with Gasteiger partial charge < -0.3 is 20.3 Å². The fraction of sp³-hybridized carbons (Fsp3) is 0.500. The summed E-state index contributed by atoms with van der Waals surface area (Å²) in [4.78, 5) is 1.56. The second kappa shape index (κ2) is 7.78. The van der Waals surface area contributed by atoms with E-state index in [4.69, 9.17) is 28.6 Å². The van der Waals surface area contributed by atoms with Crippen molar-refractivity contribution in [2.45, 2.75) is 6.92 Å². The van der Waals surface area contributed by atoms with Crippen LogP contribution in [0.1, 0.15) is 5.56 Å². The van der Waals surface area contributed by atoms with E-state index in [1.165, 1.54) is 0 Å². The molecule has 0 spiro atoms. The summed E-state index contributed by atoms with van der Waals surface area (Å²) in [5.74, 6) is 0. The van der Waals surface area contributed by atoms with Gasteiger partial charge in [0, 0.05) is 10.7 Å². The van der Waals surface area contributed by atoms with Crippen LogP contribution in [0.3, 0.4) is 0 Å². The van der Waals surface area contributed by atoms with Gasteiger partial charge in [-0.25, -0.2) is 0 Å². The first-order valence-corrected chi connectivity index (χ1v) is 7.66. The Morgan fingerprint density at radius 1 is 1.40 bits per heavy atom. The number of ether oxygens (including phenoxy) is 1. The van der Waals surface area contributed by atoms with Crippen LogP contribution in [0.15, 0.2) is 18.2 Å². The highest BCUT2D eigenvalue weighted by atomic mass is 35.5. The Labute approximate surface area is 130 Å². The Morgan fingerprint density at radius 2 is 2.15 bits per heavy atom. The zero-order chi connectivity index (χ0) is 14.4. The van der Waals surface area contributed by atoms with Gasteiger partial charge in [0.15, 0.2) is 5.11 Å². The summed E-state index contributed by atoms with van der Waals surface area (Å²) in [5, 5.41) is 7.76. The average molecular weight is 315 g/mol. The molecule has 1 saturated heterocycles. The molecule has 1 aromatic carbocycles. The largest absolute Gasteiger partial charge is 0.370 e. The fourth-order valence-electron chi connectivity index (χ4n) is 2.11. The molecule has 4 nitrogen and oxygen atoms in total. The standard InChI is InChI=1S/C14H20ClN3OS/c1-11-2-3-12(10-13(11)15)17-14(20)16-4-5-18-6-8-19-9-7-18/h2-3,10H,4-9H2,1H3,(H2,16,17,20)/p+1. The Bertz CT molecular complexity index is 464. The number of morpholine rings is 1. The molecular weight excluding hydrogens is 294 g/mol. The van der Waals surface area contributed by atoms with Crippen LogP contribution in [0.2, 0.25) is 5.02 Å². The zero-order valence-electron chi connectivity index (χ0n) is 11.7. The molecule has 0 amide bonds. The van der Waals surface area contributed by atoms with Crippen molar-refractivity contribution in [1.82, 2.24) is 5.32 Å². The summed E-state index contributed by atoms with van der Waals surface area (Å²) < 4.78 is 5.34. The molecule has 1 aromatic rings. The number of halogens is 1. The predicted molar refractivity (Wildman–Crippen MR) is 86.8 cm³/mol. The quantitative estimate of drug-likeness (QED) is 0.721. The van der Waals surface area contributed by atoms with Crippen molar-refractivity contribution in [1.29, 1.82) is 0 Å². The maximum absolute atomic E-state index is 6.08. The van der Waals surface area contributed by atoms with Gasteiger partial charge in [-0.3, -0.25) is 0 Å². The highest BCUT2D eigenvalue weighted by molar-refractivity contribution is 7.80. The van der Waals surface area contributed by atoms with Crippen molar-refractivity contribution in [3.8, 4) is 0 Å². The normalized spacial score (nSPS) is 15.9. The van der Waals surface area contributed by atoms with Crippen molar-refractivity contribution in [2.24, 2.45) is 0 Å². The predicted octanol–water partition coefficient (Wildman–Crippen LogP) is 0.850. The van der Waals surface area contributed by atoms with Gasteiger partial charge in [-0.15, -0.1) is 0 Å². The molecule has 0 aliphatic carbocycles. The number of benzene rings is 1. The molecule has 1 heterocycles. The van der Waals surface area contributed by atoms with E-state index in [1.54, 1.807) is 4.90 Å². The number of rotatable bonds is 4. The molecular formula is C14H21ClN3OS+. The zero-order valence-corrected chi connectivity index (χ0v) is 13.2. The van der Waals surface area contributed by atoms with Gasteiger partial charge in [0.05, 0.1) is 26.3 Å². The van der Waals surface area contributed by atoms with E-state index >= 15 is 0 Å². The third-order valence-corrected chi connectivity index (χ3v) is 4.05. The van der Waals surface area contributed by atoms with Crippen LogP contribution in [0.25, 0.3) is 0 Å². The van der Waals surface area contributed by atoms with E-state index in [2.05, 4.69) is 10.6 Å². The van der Waals surface area contributed by atoms with Crippen LogP contribution in [0, 0.1) is 6.92 Å². The molecule has 110 valence electrons. The van der Waals surface area contributed by atoms with E-state index in [0.717, 1.165) is 55.7 Å². The Balaban J connectivity index is 1.70. The molecule has 1 fully saturated rings. The van der Waals surface area contributed by atoms with Crippen LogP contribution in [0.4, 0.5) is 5.69 Å². The van der Waals surface area contributed by atoms with Gasteiger partial charge >= 0.3 is 0 Å². The van der Waals surface area contributed by atoms with Crippen molar-refractivity contribution in [2.75, 3.05) is 44.7 Å². The number of aryl methyl sites for hydroxylation is 1. The Morgan fingerprint density at radius 3 is 2.85 bits per heavy atom. The van der Waals surface area contributed by atoms with Gasteiger partial charge in [0.1, 0.15) is 13.1 Å². The van der Waals surface area contributed by atoms with Crippen LogP contribution in [-0.2, 0) is 4.74 Å². The molecule has 1 aliphatic heterocycles. The number of thiocarbonyl (C=S) groups is 1. The first-order chi connectivity index (χ1) is 9.65. The molecule has 0 saturated carbocycles. The molecule has 0 aromatic heterocycles. The van der Waals surface area contributed by atoms with E-state index in [9.17, 15) is 0 Å². The van der Waals surface area contributed by atoms with Gasteiger partial charge in [0.2, 0.25) is 0 Å². The monoisotopic (exact) mass is 314 g/mol. The van der Waals surface area contributed by atoms with E-state index in [1.807, 2.05) is 25.1 Å². The van der Waals surface area contributed by atoms with Gasteiger partial charge in [0.25, 0.3) is 0 Å². The average Bonchev–Trinajstić information content (AvgIpc) is 2.44. The van der Waals surface area contributed by atoms with E-state index in [-0.39, 0.29) is 0 Å². The minimum absolute atomic E-state index is 0.637. The van der Waals surface area contributed by atoms with Crippen molar-refractivity contribution in [3.63, 3.8) is 0 Å². The number of anilines is 1. The lowest BCUT2D eigenvalue weighted by Crippen LogP contribution is -3.14. The van der Waals surface area contributed by atoms with Gasteiger partial charge in [-0.1, -0.05) is 17.7 Å². The summed E-state index contributed by atoms with van der Waals surface area (Å²) in [6, 6.07) is 5.84. The first-order valence-electron chi connectivity index (χ1n) is 6.87. The fourth-order valence-corrected chi connectivity index (χ4v) is 2.51. The summed E-state index contributed by atoms with van der Waals surface area (Å²) in [5.41, 5.74) is 1.98. The highest BCUT2D eigenvalue weighted by Crippen LogP contribution is 2.19. The maximum Gasteiger partial charge on any atom is 0.170 e. The van der Waals surface area contributed by atoms with E-state index < -0.39 is 0 Å². The third-order valence-electron chi connectivity index (χ3n) is 3.39. The Hall–Kier alpha value is -0.880. The molecule has 0 atom stereocenters. The van der Waals surface area contributed by atoms with Gasteiger partial charge in [-0.2, -0.15) is 0 Å². The molecule has 3 N–H and O–H groups in total. The summed E-state index contributed by atoms with van der Waals surface area (Å²) >= 11 is 11.4. The molecule has 6 heteroatoms. The smallest absolute Gasteiger partial charge is 0.170 e. The van der Waals surface area contributed by atoms with Crippen molar-refractivity contribution >= 4 is 34.6 Å². The lowest BCUT2D eigenvalue weighted by Gasteiger charge is -2.24. The highest BCUT2D eigenvalue weighted by Gasteiger charge is 2.12. The van der Waals surface area contributed by atoms with Crippen LogP contribution in [0.5, 0.6) is 0 Å². The first kappa shape index (κ1) is 15.5. The van der Waals surface area contributed by atoms with Crippen molar-refractivity contribution in [3.05, 3.63) is 28.8 Å². The topological polar surface area (TPSA) is 37.7 Å². The number of nitrogens with one attached hydrogen (secondary N) is 3. The molecule has 0 unspecified atom stereocenters. The van der Waals surface area contributed by atoms with E-state index in [0.29, 0.717) is 5.11 Å². The summed E-state index contributed by atoms with van der Waals surface area (Å²) in [7, 11) is 0. The Kier molecular flexibility index (Phi) is 6.04. The molecule has 2 rings (SSSR count). The van der Waals surface area contributed by atoms with Crippen LogP contribution < -0.4 is 15.5 Å². The van der Waals surface area contributed by atoms with Gasteiger partial charge in [-0.05, 0) is 36.8 Å². The SMILES string of the molecule is Cc1ccc(NC(=S)NCC[NH+]2CCOCC2)cc1Cl. The minimum atomic E-state index is 0.637. The van der Waals surface area contributed by atoms with Crippen molar-refractivity contribution < 1.29 is 9.64 Å². The third kappa shape index (κ3) is 4.90. The number of hydrogen-bond acceptors (Lipinski definition) is 2. The lowest BCUT2D eigenvalue weighted by atomic mass is 10.2. The molecule has 0 bridgehead atoms. The molecule has 20 heavy (non-hydrogen) atoms. The maximum atomic E-state index is 6.08. The summed E-state index contributed by atoms with van der Waals surface area (Å²) in [6.07, 6.45) is 0. The molecule has 0 radical (unpaired) electrons. The molecule has 1 aliphatic rings. The number of hydrogen-bond donors (Lipinski definition) is 3. The minimum Gasteiger partial charge on any atom is -0.370 e. The van der Waals surface area contributed by atoms with Crippen LogP contribution >= 0.6 is 23.8 Å².